The number of fused-ring (bicyclic) bond motifs is 1. The first-order chi connectivity index (χ1) is 10.2. The molecule has 0 saturated heterocycles. The Morgan fingerprint density at radius 1 is 1.33 bits per heavy atom. The Kier molecular flexibility index (Phi) is 3.10. The number of amides is 1. The summed E-state index contributed by atoms with van der Waals surface area (Å²) in [5.41, 5.74) is 2.24. The fourth-order valence-electron chi connectivity index (χ4n) is 3.04. The van der Waals surface area contributed by atoms with Crippen LogP contribution in [0, 0.1) is 5.92 Å². The smallest absolute Gasteiger partial charge is 0.243 e. The van der Waals surface area contributed by atoms with Crippen molar-refractivity contribution in [3.63, 3.8) is 0 Å². The molecule has 0 bridgehead atoms. The third kappa shape index (κ3) is 2.39. The highest BCUT2D eigenvalue weighted by atomic mass is 79.9. The highest BCUT2D eigenvalue weighted by Crippen LogP contribution is 2.38. The predicted octanol–water partition coefficient (Wildman–Crippen LogP) is 2.99. The number of rotatable bonds is 3. The summed E-state index contributed by atoms with van der Waals surface area (Å²) in [4.78, 5) is 18.8. The molecule has 1 atom stereocenters. The second-order valence-corrected chi connectivity index (χ2v) is 6.81. The van der Waals surface area contributed by atoms with Crippen molar-refractivity contribution < 1.29 is 4.79 Å². The Morgan fingerprint density at radius 3 is 2.95 bits per heavy atom. The zero-order valence-electron chi connectivity index (χ0n) is 11.6. The first-order valence-corrected chi connectivity index (χ1v) is 8.06. The molecule has 5 heteroatoms. The highest BCUT2D eigenvalue weighted by Gasteiger charge is 2.37. The van der Waals surface area contributed by atoms with Gasteiger partial charge in [-0.15, -0.1) is 0 Å². The standard InChI is InChI=1S/C16H16BrN3O/c17-13-3-1-2-12(6-13)16-14-7-18-10-19(14)9-15(21)20(16)8-11-4-5-11/h1-3,6-7,10-11,16H,4-5,8-9H2. The number of benzene rings is 1. The summed E-state index contributed by atoms with van der Waals surface area (Å²) in [7, 11) is 0. The molecule has 1 aromatic heterocycles. The maximum Gasteiger partial charge on any atom is 0.243 e. The lowest BCUT2D eigenvalue weighted by atomic mass is 9.99. The Bertz CT molecular complexity index is 692. The van der Waals surface area contributed by atoms with E-state index < -0.39 is 0 Å². The van der Waals surface area contributed by atoms with Crippen molar-refractivity contribution in [2.45, 2.75) is 25.4 Å². The van der Waals surface area contributed by atoms with E-state index >= 15 is 0 Å². The molecule has 1 aliphatic carbocycles. The van der Waals surface area contributed by atoms with Crippen LogP contribution in [0.1, 0.15) is 30.1 Å². The summed E-state index contributed by atoms with van der Waals surface area (Å²) in [6, 6.07) is 8.20. The third-order valence-corrected chi connectivity index (χ3v) is 4.77. The quantitative estimate of drug-likeness (QED) is 0.857. The normalized spacial score (nSPS) is 21.5. The molecule has 4 nitrogen and oxygen atoms in total. The molecule has 108 valence electrons. The number of aromatic nitrogens is 2. The Hall–Kier alpha value is -1.62. The fraction of sp³-hybridized carbons (Fsp3) is 0.375. The van der Waals surface area contributed by atoms with E-state index in [1.54, 1.807) is 6.33 Å². The van der Waals surface area contributed by atoms with Gasteiger partial charge in [-0.05, 0) is 36.5 Å². The summed E-state index contributed by atoms with van der Waals surface area (Å²) in [5, 5.41) is 0. The average Bonchev–Trinajstić information content (AvgIpc) is 3.16. The van der Waals surface area contributed by atoms with Gasteiger partial charge < -0.3 is 9.47 Å². The van der Waals surface area contributed by atoms with Gasteiger partial charge in [-0.3, -0.25) is 4.79 Å². The van der Waals surface area contributed by atoms with Crippen molar-refractivity contribution in [1.82, 2.24) is 14.5 Å². The average molecular weight is 346 g/mol. The van der Waals surface area contributed by atoms with Gasteiger partial charge in [-0.25, -0.2) is 4.98 Å². The van der Waals surface area contributed by atoms with Gasteiger partial charge in [-0.1, -0.05) is 28.1 Å². The Morgan fingerprint density at radius 2 is 2.19 bits per heavy atom. The largest absolute Gasteiger partial charge is 0.328 e. The van der Waals surface area contributed by atoms with Crippen molar-refractivity contribution in [2.24, 2.45) is 5.92 Å². The van der Waals surface area contributed by atoms with Crippen molar-refractivity contribution in [3.05, 3.63) is 52.5 Å². The van der Waals surface area contributed by atoms with Crippen LogP contribution in [-0.2, 0) is 11.3 Å². The van der Waals surface area contributed by atoms with E-state index in [9.17, 15) is 4.79 Å². The van der Waals surface area contributed by atoms with E-state index in [0.717, 1.165) is 22.3 Å². The number of hydrogen-bond donors (Lipinski definition) is 0. The lowest BCUT2D eigenvalue weighted by molar-refractivity contribution is -0.135. The van der Waals surface area contributed by atoms with Gasteiger partial charge in [0.05, 0.1) is 24.3 Å². The van der Waals surface area contributed by atoms with Crippen molar-refractivity contribution in [1.29, 1.82) is 0 Å². The molecule has 2 aromatic rings. The van der Waals surface area contributed by atoms with Gasteiger partial charge in [-0.2, -0.15) is 0 Å². The van der Waals surface area contributed by atoms with Crippen LogP contribution in [0.15, 0.2) is 41.3 Å². The SMILES string of the molecule is O=C1Cn2cncc2C(c2cccc(Br)c2)N1CC1CC1. The van der Waals surface area contributed by atoms with E-state index in [2.05, 4.69) is 33.0 Å². The van der Waals surface area contributed by atoms with Crippen LogP contribution >= 0.6 is 15.9 Å². The molecule has 4 rings (SSSR count). The molecule has 1 aliphatic heterocycles. The van der Waals surface area contributed by atoms with Crippen LogP contribution in [0.2, 0.25) is 0 Å². The summed E-state index contributed by atoms with van der Waals surface area (Å²) < 4.78 is 3.01. The number of nitrogens with zero attached hydrogens (tertiary/aromatic N) is 3. The molecule has 0 radical (unpaired) electrons. The molecule has 1 unspecified atom stereocenters. The van der Waals surface area contributed by atoms with E-state index in [0.29, 0.717) is 12.5 Å². The first-order valence-electron chi connectivity index (χ1n) is 7.27. The third-order valence-electron chi connectivity index (χ3n) is 4.28. The second kappa shape index (κ2) is 4.98. The molecule has 2 aliphatic rings. The van der Waals surface area contributed by atoms with Crippen LogP contribution in [-0.4, -0.2) is 26.9 Å². The van der Waals surface area contributed by atoms with Gasteiger partial charge in [0.1, 0.15) is 6.54 Å². The number of halogens is 1. The van der Waals surface area contributed by atoms with Gasteiger partial charge in [0.25, 0.3) is 0 Å². The lowest BCUT2D eigenvalue weighted by Gasteiger charge is -2.37. The van der Waals surface area contributed by atoms with E-state index in [1.165, 1.54) is 12.8 Å². The van der Waals surface area contributed by atoms with Gasteiger partial charge in [0.2, 0.25) is 5.91 Å². The van der Waals surface area contributed by atoms with Crippen LogP contribution in [0.5, 0.6) is 0 Å². The van der Waals surface area contributed by atoms with Crippen molar-refractivity contribution in [2.75, 3.05) is 6.54 Å². The number of imidazole rings is 1. The van der Waals surface area contributed by atoms with Crippen molar-refractivity contribution in [3.8, 4) is 0 Å². The van der Waals surface area contributed by atoms with Crippen LogP contribution in [0.25, 0.3) is 0 Å². The molecule has 1 saturated carbocycles. The van der Waals surface area contributed by atoms with Crippen molar-refractivity contribution >= 4 is 21.8 Å². The number of carbonyl (C=O) groups excluding carboxylic acids is 1. The second-order valence-electron chi connectivity index (χ2n) is 5.89. The summed E-state index contributed by atoms with van der Waals surface area (Å²) in [6.45, 7) is 1.27. The van der Waals surface area contributed by atoms with E-state index in [1.807, 2.05) is 27.8 Å². The monoisotopic (exact) mass is 345 g/mol. The maximum atomic E-state index is 12.6. The summed E-state index contributed by atoms with van der Waals surface area (Å²) >= 11 is 3.53. The summed E-state index contributed by atoms with van der Waals surface area (Å²) in [5.74, 6) is 0.871. The van der Waals surface area contributed by atoms with Crippen LogP contribution in [0.4, 0.5) is 0 Å². The van der Waals surface area contributed by atoms with Gasteiger partial charge in [0, 0.05) is 11.0 Å². The molecule has 0 N–H and O–H groups in total. The molecular weight excluding hydrogens is 330 g/mol. The molecule has 2 heterocycles. The highest BCUT2D eigenvalue weighted by molar-refractivity contribution is 9.10. The minimum Gasteiger partial charge on any atom is -0.328 e. The van der Waals surface area contributed by atoms with E-state index in [4.69, 9.17) is 0 Å². The minimum atomic E-state index is -0.0214. The molecule has 1 fully saturated rings. The maximum absolute atomic E-state index is 12.6. The molecule has 1 amide bonds. The summed E-state index contributed by atoms with van der Waals surface area (Å²) in [6.07, 6.45) is 6.13. The molecule has 1 aromatic carbocycles. The molecular formula is C16H16BrN3O. The number of carbonyl (C=O) groups is 1. The predicted molar refractivity (Wildman–Crippen MR) is 82.6 cm³/mol. The Balaban J connectivity index is 1.79. The van der Waals surface area contributed by atoms with Gasteiger partial charge in [0.15, 0.2) is 0 Å². The minimum absolute atomic E-state index is 0.0214. The first kappa shape index (κ1) is 13.1. The zero-order chi connectivity index (χ0) is 14.4. The van der Waals surface area contributed by atoms with Crippen LogP contribution in [0.3, 0.4) is 0 Å². The fourth-order valence-corrected chi connectivity index (χ4v) is 3.46. The Labute approximate surface area is 131 Å². The topological polar surface area (TPSA) is 38.1 Å². The van der Waals surface area contributed by atoms with E-state index in [-0.39, 0.29) is 11.9 Å². The molecule has 21 heavy (non-hydrogen) atoms. The zero-order valence-corrected chi connectivity index (χ0v) is 13.2. The van der Waals surface area contributed by atoms with Crippen LogP contribution < -0.4 is 0 Å². The lowest BCUT2D eigenvalue weighted by Crippen LogP contribution is -2.44. The molecule has 0 spiro atoms. The number of hydrogen-bond acceptors (Lipinski definition) is 2. The van der Waals surface area contributed by atoms with Gasteiger partial charge >= 0.3 is 0 Å².